The molecule has 0 fully saturated rings. The van der Waals surface area contributed by atoms with Crippen molar-refractivity contribution in [1.29, 1.82) is 0 Å². The molecule has 5 heteroatoms. The Balaban J connectivity index is 2.06. The van der Waals surface area contributed by atoms with Gasteiger partial charge in [-0.25, -0.2) is 9.37 Å². The van der Waals surface area contributed by atoms with E-state index in [2.05, 4.69) is 17.0 Å². The van der Waals surface area contributed by atoms with Crippen LogP contribution in [0.1, 0.15) is 31.7 Å². The van der Waals surface area contributed by atoms with Gasteiger partial charge in [-0.15, -0.1) is 0 Å². The van der Waals surface area contributed by atoms with Crippen LogP contribution in [0.25, 0.3) is 0 Å². The van der Waals surface area contributed by atoms with E-state index in [4.69, 9.17) is 0 Å². The van der Waals surface area contributed by atoms with E-state index in [1.54, 1.807) is 19.1 Å². The van der Waals surface area contributed by atoms with Gasteiger partial charge in [0.1, 0.15) is 18.0 Å². The minimum Gasteiger partial charge on any atom is -0.389 e. The second-order valence-electron chi connectivity index (χ2n) is 5.38. The van der Waals surface area contributed by atoms with Crippen molar-refractivity contribution in [2.24, 2.45) is 0 Å². The summed E-state index contributed by atoms with van der Waals surface area (Å²) < 4.78 is 14.7. The van der Waals surface area contributed by atoms with Crippen molar-refractivity contribution in [2.75, 3.05) is 0 Å². The van der Waals surface area contributed by atoms with Crippen LogP contribution in [-0.2, 0) is 19.4 Å². The zero-order valence-electron chi connectivity index (χ0n) is 11.9. The molecule has 0 saturated heterocycles. The first-order valence-corrected chi connectivity index (χ1v) is 6.84. The van der Waals surface area contributed by atoms with Gasteiger partial charge in [0.25, 0.3) is 0 Å². The Hall–Kier alpha value is -1.75. The fourth-order valence-electron chi connectivity index (χ4n) is 2.27. The van der Waals surface area contributed by atoms with Crippen molar-refractivity contribution in [2.45, 2.75) is 45.3 Å². The minimum atomic E-state index is -0.934. The fraction of sp³-hybridized carbons (Fsp3) is 0.467. The molecule has 0 aliphatic heterocycles. The SMILES string of the molecule is CCCn1ncnc1CC(C)(O)Cc1ccc(F)cc1. The van der Waals surface area contributed by atoms with Gasteiger partial charge in [0.2, 0.25) is 0 Å². The predicted molar refractivity (Wildman–Crippen MR) is 74.7 cm³/mol. The van der Waals surface area contributed by atoms with E-state index in [9.17, 15) is 9.50 Å². The normalized spacial score (nSPS) is 14.2. The number of aromatic nitrogens is 3. The van der Waals surface area contributed by atoms with Crippen LogP contribution in [0.2, 0.25) is 0 Å². The van der Waals surface area contributed by atoms with Crippen LogP contribution >= 0.6 is 0 Å². The van der Waals surface area contributed by atoms with Crippen LogP contribution in [0.4, 0.5) is 4.39 Å². The molecular weight excluding hydrogens is 257 g/mol. The molecule has 0 amide bonds. The van der Waals surface area contributed by atoms with Crippen molar-refractivity contribution in [3.63, 3.8) is 0 Å². The molecule has 4 nitrogen and oxygen atoms in total. The van der Waals surface area contributed by atoms with Gasteiger partial charge < -0.3 is 5.11 Å². The van der Waals surface area contributed by atoms with Crippen LogP contribution in [0.3, 0.4) is 0 Å². The Morgan fingerprint density at radius 2 is 1.95 bits per heavy atom. The number of aliphatic hydroxyl groups is 1. The molecule has 108 valence electrons. The third kappa shape index (κ3) is 3.87. The zero-order chi connectivity index (χ0) is 14.6. The van der Waals surface area contributed by atoms with E-state index in [1.165, 1.54) is 18.5 Å². The van der Waals surface area contributed by atoms with Crippen molar-refractivity contribution >= 4 is 0 Å². The Kier molecular flexibility index (Phi) is 4.49. The van der Waals surface area contributed by atoms with Crippen LogP contribution < -0.4 is 0 Å². The first-order valence-electron chi connectivity index (χ1n) is 6.84. The second-order valence-corrected chi connectivity index (χ2v) is 5.38. The molecule has 1 unspecified atom stereocenters. The average Bonchev–Trinajstić information content (AvgIpc) is 2.79. The zero-order valence-corrected chi connectivity index (χ0v) is 11.9. The molecule has 1 aromatic carbocycles. The number of aryl methyl sites for hydroxylation is 1. The van der Waals surface area contributed by atoms with Gasteiger partial charge in [-0.3, -0.25) is 4.68 Å². The number of nitrogens with zero attached hydrogens (tertiary/aromatic N) is 3. The summed E-state index contributed by atoms with van der Waals surface area (Å²) in [5.41, 5.74) is -0.0333. The predicted octanol–water partition coefficient (Wildman–Crippen LogP) is 2.36. The quantitative estimate of drug-likeness (QED) is 0.882. The van der Waals surface area contributed by atoms with Crippen molar-refractivity contribution in [3.05, 3.63) is 47.8 Å². The Labute approximate surface area is 118 Å². The first kappa shape index (κ1) is 14.7. The van der Waals surface area contributed by atoms with Crippen LogP contribution in [0.15, 0.2) is 30.6 Å². The van der Waals surface area contributed by atoms with Crippen molar-refractivity contribution < 1.29 is 9.50 Å². The van der Waals surface area contributed by atoms with Crippen LogP contribution in [0, 0.1) is 5.82 Å². The summed E-state index contributed by atoms with van der Waals surface area (Å²) in [5.74, 6) is 0.509. The van der Waals surface area contributed by atoms with Gasteiger partial charge in [0, 0.05) is 19.4 Å². The van der Waals surface area contributed by atoms with Crippen LogP contribution in [0.5, 0.6) is 0 Å². The highest BCUT2D eigenvalue weighted by atomic mass is 19.1. The van der Waals surface area contributed by atoms with Gasteiger partial charge in [0.15, 0.2) is 0 Å². The summed E-state index contributed by atoms with van der Waals surface area (Å²) in [7, 11) is 0. The fourth-order valence-corrected chi connectivity index (χ4v) is 2.27. The lowest BCUT2D eigenvalue weighted by Crippen LogP contribution is -2.31. The molecule has 1 aromatic heterocycles. The summed E-state index contributed by atoms with van der Waals surface area (Å²) in [6, 6.07) is 6.21. The molecule has 2 rings (SSSR count). The van der Waals surface area contributed by atoms with Gasteiger partial charge in [-0.05, 0) is 31.0 Å². The highest BCUT2D eigenvalue weighted by Gasteiger charge is 2.24. The van der Waals surface area contributed by atoms with E-state index in [-0.39, 0.29) is 5.82 Å². The molecule has 0 bridgehead atoms. The molecule has 0 aliphatic rings. The highest BCUT2D eigenvalue weighted by molar-refractivity contribution is 5.18. The molecule has 2 aromatic rings. The molecule has 1 N–H and O–H groups in total. The molecule has 0 saturated carbocycles. The Morgan fingerprint density at radius 1 is 1.25 bits per heavy atom. The lowest BCUT2D eigenvalue weighted by molar-refractivity contribution is 0.0575. The van der Waals surface area contributed by atoms with Gasteiger partial charge in [-0.1, -0.05) is 19.1 Å². The largest absolute Gasteiger partial charge is 0.389 e. The van der Waals surface area contributed by atoms with E-state index in [0.717, 1.165) is 24.4 Å². The third-order valence-corrected chi connectivity index (χ3v) is 3.17. The number of rotatable bonds is 6. The maximum absolute atomic E-state index is 12.9. The molecule has 0 aliphatic carbocycles. The molecule has 1 atom stereocenters. The highest BCUT2D eigenvalue weighted by Crippen LogP contribution is 2.18. The number of benzene rings is 1. The summed E-state index contributed by atoms with van der Waals surface area (Å²) in [4.78, 5) is 4.21. The summed E-state index contributed by atoms with van der Waals surface area (Å²) >= 11 is 0. The van der Waals surface area contributed by atoms with Gasteiger partial charge >= 0.3 is 0 Å². The molecule has 0 radical (unpaired) electrons. The monoisotopic (exact) mass is 277 g/mol. The molecule has 1 heterocycles. The number of halogens is 1. The standard InChI is InChI=1S/C15H20FN3O/c1-3-8-19-14(17-11-18-19)10-15(2,20)9-12-4-6-13(16)7-5-12/h4-7,11,20H,3,8-10H2,1-2H3. The number of hydrogen-bond donors (Lipinski definition) is 1. The van der Waals surface area contributed by atoms with E-state index >= 15 is 0 Å². The van der Waals surface area contributed by atoms with Crippen LogP contribution in [-0.4, -0.2) is 25.5 Å². The van der Waals surface area contributed by atoms with Gasteiger partial charge in [-0.2, -0.15) is 5.10 Å². The maximum Gasteiger partial charge on any atom is 0.138 e. The third-order valence-electron chi connectivity index (χ3n) is 3.17. The second kappa shape index (κ2) is 6.13. The van der Waals surface area contributed by atoms with Crippen molar-refractivity contribution in [1.82, 2.24) is 14.8 Å². The van der Waals surface area contributed by atoms with E-state index in [1.807, 2.05) is 4.68 Å². The smallest absolute Gasteiger partial charge is 0.138 e. The summed E-state index contributed by atoms with van der Waals surface area (Å²) in [6.45, 7) is 4.63. The van der Waals surface area contributed by atoms with Crippen molar-refractivity contribution in [3.8, 4) is 0 Å². The molecule has 0 spiro atoms. The Bertz CT molecular complexity index is 549. The Morgan fingerprint density at radius 3 is 2.60 bits per heavy atom. The maximum atomic E-state index is 12.9. The average molecular weight is 277 g/mol. The minimum absolute atomic E-state index is 0.268. The lowest BCUT2D eigenvalue weighted by Gasteiger charge is -2.23. The van der Waals surface area contributed by atoms with E-state index < -0.39 is 5.60 Å². The molecular formula is C15H20FN3O. The first-order chi connectivity index (χ1) is 9.50. The summed E-state index contributed by atoms with van der Waals surface area (Å²) in [5, 5.41) is 14.7. The van der Waals surface area contributed by atoms with Gasteiger partial charge in [0.05, 0.1) is 5.60 Å². The topological polar surface area (TPSA) is 50.9 Å². The lowest BCUT2D eigenvalue weighted by atomic mass is 9.93. The summed E-state index contributed by atoms with van der Waals surface area (Å²) in [6.07, 6.45) is 3.35. The molecule has 20 heavy (non-hydrogen) atoms. The van der Waals surface area contributed by atoms with E-state index in [0.29, 0.717) is 12.8 Å². The number of hydrogen-bond acceptors (Lipinski definition) is 3.